The van der Waals surface area contributed by atoms with Gasteiger partial charge in [-0.1, -0.05) is 32.0 Å². The number of halogens is 1. The molecule has 2 rings (SSSR count). The Morgan fingerprint density at radius 1 is 1.11 bits per heavy atom. The molecule has 0 spiro atoms. The van der Waals surface area contributed by atoms with Crippen LogP contribution in [0.2, 0.25) is 0 Å². The van der Waals surface area contributed by atoms with E-state index in [1.165, 1.54) is 18.2 Å². The molecule has 0 aliphatic heterocycles. The van der Waals surface area contributed by atoms with E-state index in [2.05, 4.69) is 19.2 Å². The molecule has 2 nitrogen and oxygen atoms in total. The highest BCUT2D eigenvalue weighted by Crippen LogP contribution is 2.19. The highest BCUT2D eigenvalue weighted by molar-refractivity contribution is 6.04. The summed E-state index contributed by atoms with van der Waals surface area (Å²) in [5, 5.41) is 2.78. The van der Waals surface area contributed by atoms with Crippen molar-refractivity contribution in [3.05, 3.63) is 65.5 Å². The van der Waals surface area contributed by atoms with E-state index in [9.17, 15) is 9.18 Å². The molecule has 0 atom stereocenters. The second-order valence-corrected chi connectivity index (χ2v) is 4.74. The van der Waals surface area contributed by atoms with Crippen molar-refractivity contribution >= 4 is 11.6 Å². The summed E-state index contributed by atoms with van der Waals surface area (Å²) in [5.41, 5.74) is 2.19. The van der Waals surface area contributed by atoms with Crippen LogP contribution in [0.25, 0.3) is 0 Å². The van der Waals surface area contributed by atoms with Crippen molar-refractivity contribution in [2.24, 2.45) is 0 Å². The van der Waals surface area contributed by atoms with E-state index in [1.807, 2.05) is 24.3 Å². The van der Waals surface area contributed by atoms with Gasteiger partial charge in [0.25, 0.3) is 5.91 Å². The standard InChI is InChI=1S/C16H16FNO/c1-11(2)12-5-4-8-15(10-12)18-16(19)13-6-3-7-14(17)9-13/h3-11H,1-2H3,(H,18,19). The Bertz CT molecular complexity index is 593. The molecule has 2 aromatic carbocycles. The third-order valence-corrected chi connectivity index (χ3v) is 2.90. The quantitative estimate of drug-likeness (QED) is 0.877. The van der Waals surface area contributed by atoms with Crippen LogP contribution in [-0.4, -0.2) is 5.91 Å². The van der Waals surface area contributed by atoms with E-state index in [-0.39, 0.29) is 5.91 Å². The van der Waals surface area contributed by atoms with Gasteiger partial charge in [-0.05, 0) is 41.8 Å². The van der Waals surface area contributed by atoms with Crippen LogP contribution in [0.4, 0.5) is 10.1 Å². The van der Waals surface area contributed by atoms with Crippen molar-refractivity contribution in [3.63, 3.8) is 0 Å². The van der Waals surface area contributed by atoms with E-state index in [4.69, 9.17) is 0 Å². The van der Waals surface area contributed by atoms with Crippen LogP contribution in [0.3, 0.4) is 0 Å². The smallest absolute Gasteiger partial charge is 0.255 e. The Kier molecular flexibility index (Phi) is 3.95. The van der Waals surface area contributed by atoms with Crippen molar-refractivity contribution in [1.82, 2.24) is 0 Å². The lowest BCUT2D eigenvalue weighted by molar-refractivity contribution is 0.102. The summed E-state index contributed by atoms with van der Waals surface area (Å²) in [6, 6.07) is 13.3. The molecule has 0 aromatic heterocycles. The molecule has 0 radical (unpaired) electrons. The fourth-order valence-corrected chi connectivity index (χ4v) is 1.81. The number of carbonyl (C=O) groups excluding carboxylic acids is 1. The van der Waals surface area contributed by atoms with Gasteiger partial charge in [0.15, 0.2) is 0 Å². The van der Waals surface area contributed by atoms with E-state index < -0.39 is 5.82 Å². The van der Waals surface area contributed by atoms with Crippen molar-refractivity contribution in [2.45, 2.75) is 19.8 Å². The first-order chi connectivity index (χ1) is 9.06. The van der Waals surface area contributed by atoms with Crippen molar-refractivity contribution in [3.8, 4) is 0 Å². The van der Waals surface area contributed by atoms with Gasteiger partial charge in [0.05, 0.1) is 0 Å². The topological polar surface area (TPSA) is 29.1 Å². The number of anilines is 1. The monoisotopic (exact) mass is 257 g/mol. The summed E-state index contributed by atoms with van der Waals surface area (Å²) < 4.78 is 13.1. The van der Waals surface area contributed by atoms with Gasteiger partial charge >= 0.3 is 0 Å². The highest BCUT2D eigenvalue weighted by Gasteiger charge is 2.07. The van der Waals surface area contributed by atoms with E-state index in [0.717, 1.165) is 11.3 Å². The average molecular weight is 257 g/mol. The highest BCUT2D eigenvalue weighted by atomic mass is 19.1. The molecule has 1 amide bonds. The van der Waals surface area contributed by atoms with Crippen LogP contribution < -0.4 is 5.32 Å². The van der Waals surface area contributed by atoms with E-state index >= 15 is 0 Å². The van der Waals surface area contributed by atoms with Crippen molar-refractivity contribution in [1.29, 1.82) is 0 Å². The Morgan fingerprint density at radius 3 is 2.53 bits per heavy atom. The Labute approximate surface area is 112 Å². The Hall–Kier alpha value is -2.16. The van der Waals surface area contributed by atoms with Crippen molar-refractivity contribution in [2.75, 3.05) is 5.32 Å². The summed E-state index contributed by atoms with van der Waals surface area (Å²) in [7, 11) is 0. The second kappa shape index (κ2) is 5.65. The Morgan fingerprint density at radius 2 is 1.84 bits per heavy atom. The number of hydrogen-bond acceptors (Lipinski definition) is 1. The third kappa shape index (κ3) is 3.41. The lowest BCUT2D eigenvalue weighted by Gasteiger charge is -2.09. The predicted molar refractivity (Wildman–Crippen MR) is 74.9 cm³/mol. The number of hydrogen-bond donors (Lipinski definition) is 1. The van der Waals surface area contributed by atoms with Gasteiger partial charge in [0, 0.05) is 11.3 Å². The minimum absolute atomic E-state index is 0.305. The summed E-state index contributed by atoms with van der Waals surface area (Å²) in [4.78, 5) is 12.0. The number of amides is 1. The molecule has 19 heavy (non-hydrogen) atoms. The molecule has 0 aliphatic rings. The number of nitrogens with one attached hydrogen (secondary N) is 1. The predicted octanol–water partition coefficient (Wildman–Crippen LogP) is 4.20. The maximum atomic E-state index is 13.1. The lowest BCUT2D eigenvalue weighted by Crippen LogP contribution is -2.12. The first-order valence-electron chi connectivity index (χ1n) is 6.23. The molecular formula is C16H16FNO. The van der Waals surface area contributed by atoms with Gasteiger partial charge in [-0.25, -0.2) is 4.39 Å². The molecule has 0 unspecified atom stereocenters. The molecule has 3 heteroatoms. The number of benzene rings is 2. The summed E-state index contributed by atoms with van der Waals surface area (Å²) in [5.74, 6) is -0.324. The van der Waals surface area contributed by atoms with E-state index in [1.54, 1.807) is 6.07 Å². The first kappa shape index (κ1) is 13.3. The molecule has 0 saturated carbocycles. The molecule has 0 saturated heterocycles. The molecule has 2 aromatic rings. The van der Waals surface area contributed by atoms with Crippen LogP contribution >= 0.6 is 0 Å². The van der Waals surface area contributed by atoms with Crippen LogP contribution in [0.1, 0.15) is 35.7 Å². The van der Waals surface area contributed by atoms with Gasteiger partial charge in [-0.2, -0.15) is 0 Å². The van der Waals surface area contributed by atoms with Crippen molar-refractivity contribution < 1.29 is 9.18 Å². The van der Waals surface area contributed by atoms with Gasteiger partial charge in [0.1, 0.15) is 5.82 Å². The SMILES string of the molecule is CC(C)c1cccc(NC(=O)c2cccc(F)c2)c1. The maximum Gasteiger partial charge on any atom is 0.255 e. The normalized spacial score (nSPS) is 10.5. The van der Waals surface area contributed by atoms with Gasteiger partial charge in [-0.3, -0.25) is 4.79 Å². The van der Waals surface area contributed by atoms with Crippen LogP contribution in [0, 0.1) is 5.82 Å². The minimum atomic E-state index is -0.413. The maximum absolute atomic E-state index is 13.1. The van der Waals surface area contributed by atoms with Gasteiger partial charge in [0.2, 0.25) is 0 Å². The third-order valence-electron chi connectivity index (χ3n) is 2.90. The summed E-state index contributed by atoms with van der Waals surface area (Å²) >= 11 is 0. The van der Waals surface area contributed by atoms with Crippen LogP contribution in [0.15, 0.2) is 48.5 Å². The summed E-state index contributed by atoms with van der Waals surface area (Å²) in [6.45, 7) is 4.18. The number of carbonyl (C=O) groups is 1. The first-order valence-corrected chi connectivity index (χ1v) is 6.23. The molecule has 0 bridgehead atoms. The second-order valence-electron chi connectivity index (χ2n) is 4.74. The number of rotatable bonds is 3. The minimum Gasteiger partial charge on any atom is -0.322 e. The zero-order valence-corrected chi connectivity index (χ0v) is 11.0. The fourth-order valence-electron chi connectivity index (χ4n) is 1.81. The zero-order chi connectivity index (χ0) is 13.8. The average Bonchev–Trinajstić information content (AvgIpc) is 2.39. The molecule has 0 fully saturated rings. The van der Waals surface area contributed by atoms with Crippen LogP contribution in [0.5, 0.6) is 0 Å². The lowest BCUT2D eigenvalue weighted by atomic mass is 10.0. The summed E-state index contributed by atoms with van der Waals surface area (Å²) in [6.07, 6.45) is 0. The molecule has 1 N–H and O–H groups in total. The fraction of sp³-hybridized carbons (Fsp3) is 0.188. The zero-order valence-electron chi connectivity index (χ0n) is 11.0. The molecule has 0 aliphatic carbocycles. The van der Waals surface area contributed by atoms with Gasteiger partial charge in [-0.15, -0.1) is 0 Å². The molecule has 98 valence electrons. The Balaban J connectivity index is 2.17. The molecule has 0 heterocycles. The van der Waals surface area contributed by atoms with Crippen LogP contribution in [-0.2, 0) is 0 Å². The van der Waals surface area contributed by atoms with E-state index in [0.29, 0.717) is 11.5 Å². The molecular weight excluding hydrogens is 241 g/mol. The van der Waals surface area contributed by atoms with Gasteiger partial charge < -0.3 is 5.32 Å². The largest absolute Gasteiger partial charge is 0.322 e.